The van der Waals surface area contributed by atoms with Crippen LogP contribution in [0, 0.1) is 10.1 Å². The smallest absolute Gasteiger partial charge is 0.311 e. The summed E-state index contributed by atoms with van der Waals surface area (Å²) in [6, 6.07) is 21.2. The highest BCUT2D eigenvalue weighted by Gasteiger charge is 2.19. The molecular weight excluding hydrogens is 640 g/mol. The van der Waals surface area contributed by atoms with Gasteiger partial charge in [-0.15, -0.1) is 0 Å². The topological polar surface area (TPSA) is 145 Å². The Kier molecular flexibility index (Phi) is 18.4. The molecule has 0 aliphatic heterocycles. The Hall–Kier alpha value is -5.16. The fraction of sp³-hybridized carbons (Fsp3) is 0.385. The lowest BCUT2D eigenvalue weighted by Crippen LogP contribution is -1.98. The molecular formula is C39H52N2O9. The molecule has 4 aromatic carbocycles. The summed E-state index contributed by atoms with van der Waals surface area (Å²) in [6.45, 7) is 4.34. The maximum atomic E-state index is 11.3. The summed E-state index contributed by atoms with van der Waals surface area (Å²) in [5.74, 6) is 4.95. The number of rotatable bonds is 17. The minimum absolute atomic E-state index is 0.101. The minimum Gasteiger partial charge on any atom is -0.497 e. The van der Waals surface area contributed by atoms with Crippen LogP contribution in [0.5, 0.6) is 46.0 Å². The summed E-state index contributed by atoms with van der Waals surface area (Å²) < 4.78 is 32.9. The van der Waals surface area contributed by atoms with Crippen molar-refractivity contribution < 1.29 is 38.5 Å². The number of aliphatic hydroxyl groups excluding tert-OH is 1. The molecule has 0 bridgehead atoms. The molecule has 3 N–H and O–H groups in total. The van der Waals surface area contributed by atoms with Gasteiger partial charge in [0.2, 0.25) is 5.75 Å². The zero-order chi connectivity index (χ0) is 36.9. The van der Waals surface area contributed by atoms with Crippen LogP contribution in [0.3, 0.4) is 0 Å². The molecule has 272 valence electrons. The Morgan fingerprint density at radius 1 is 0.580 bits per heavy atom. The number of hydrogen-bond acceptors (Lipinski definition) is 10. The molecule has 11 heteroatoms. The third-order valence-corrected chi connectivity index (χ3v) is 7.66. The van der Waals surface area contributed by atoms with E-state index in [2.05, 4.69) is 13.8 Å². The van der Waals surface area contributed by atoms with Crippen LogP contribution in [0.4, 0.5) is 11.4 Å². The highest BCUT2D eigenvalue weighted by Crippen LogP contribution is 2.38. The lowest BCUT2D eigenvalue weighted by molar-refractivity contribution is -0.385. The first-order chi connectivity index (χ1) is 24.3. The molecule has 0 aliphatic rings. The van der Waals surface area contributed by atoms with Gasteiger partial charge < -0.3 is 39.3 Å². The van der Waals surface area contributed by atoms with Crippen LogP contribution in [0.2, 0.25) is 0 Å². The Bertz CT molecular complexity index is 1610. The van der Waals surface area contributed by atoms with Crippen molar-refractivity contribution in [2.75, 3.05) is 41.3 Å². The van der Waals surface area contributed by atoms with E-state index in [1.165, 1.54) is 32.1 Å². The quantitative estimate of drug-likeness (QED) is 0.0475. The largest absolute Gasteiger partial charge is 0.497 e. The number of nitrogen functional groups attached to an aromatic ring is 1. The molecule has 0 saturated heterocycles. The number of aryl methyl sites for hydroxylation is 2. The lowest BCUT2D eigenvalue weighted by atomic mass is 10.1. The molecule has 0 radical (unpaired) electrons. The Morgan fingerprint density at radius 3 is 1.42 bits per heavy atom. The first-order valence-corrected chi connectivity index (χ1v) is 16.7. The average molecular weight is 693 g/mol. The molecule has 0 amide bonds. The molecule has 50 heavy (non-hydrogen) atoms. The van der Waals surface area contributed by atoms with E-state index in [0.29, 0.717) is 22.9 Å². The van der Waals surface area contributed by atoms with Crippen molar-refractivity contribution in [3.8, 4) is 46.0 Å². The third kappa shape index (κ3) is 12.7. The number of hydrogen-bond donors (Lipinski definition) is 2. The normalized spacial score (nSPS) is 10.1. The van der Waals surface area contributed by atoms with Crippen molar-refractivity contribution in [2.45, 2.75) is 65.2 Å². The van der Waals surface area contributed by atoms with Gasteiger partial charge in [0.25, 0.3) is 0 Å². The second-order valence-electron chi connectivity index (χ2n) is 11.1. The number of benzene rings is 4. The van der Waals surface area contributed by atoms with E-state index >= 15 is 0 Å². The Morgan fingerprint density at radius 2 is 0.980 bits per heavy atom. The highest BCUT2D eigenvalue weighted by molar-refractivity contribution is 5.58. The lowest BCUT2D eigenvalue weighted by Gasteiger charge is -2.14. The van der Waals surface area contributed by atoms with Gasteiger partial charge in [-0.1, -0.05) is 39.5 Å². The number of nitro groups is 1. The van der Waals surface area contributed by atoms with Gasteiger partial charge in [0, 0.05) is 25.3 Å². The molecule has 4 aromatic rings. The number of nitrogens with zero attached hydrogens (tertiary/aromatic N) is 1. The monoisotopic (exact) mass is 692 g/mol. The van der Waals surface area contributed by atoms with Crippen molar-refractivity contribution in [1.82, 2.24) is 0 Å². The van der Waals surface area contributed by atoms with Crippen molar-refractivity contribution in [3.05, 3.63) is 94.0 Å². The second-order valence-corrected chi connectivity index (χ2v) is 11.1. The molecule has 0 fully saturated rings. The minimum atomic E-state index is -0.463. The van der Waals surface area contributed by atoms with Crippen LogP contribution >= 0.6 is 0 Å². The fourth-order valence-corrected chi connectivity index (χ4v) is 4.91. The summed E-state index contributed by atoms with van der Waals surface area (Å²) in [5, 5.41) is 18.3. The van der Waals surface area contributed by atoms with E-state index in [-0.39, 0.29) is 11.4 Å². The maximum Gasteiger partial charge on any atom is 0.311 e. The number of nitro benzene ring substituents is 1. The van der Waals surface area contributed by atoms with E-state index in [0.717, 1.165) is 79.8 Å². The first-order valence-electron chi connectivity index (χ1n) is 16.7. The summed E-state index contributed by atoms with van der Waals surface area (Å²) in [5.41, 5.74) is 8.59. The molecule has 0 unspecified atom stereocenters. The van der Waals surface area contributed by atoms with E-state index < -0.39 is 4.92 Å². The zero-order valence-corrected chi connectivity index (χ0v) is 30.3. The molecule has 0 saturated carbocycles. The second kappa shape index (κ2) is 22.5. The van der Waals surface area contributed by atoms with Crippen LogP contribution in [0.1, 0.15) is 63.5 Å². The molecule has 4 rings (SSSR count). The molecule has 0 spiro atoms. The van der Waals surface area contributed by atoms with Gasteiger partial charge in [0.05, 0.1) is 39.0 Å². The number of methoxy groups -OCH3 is 4. The number of ether oxygens (including phenoxy) is 6. The Balaban J connectivity index is 0.000000331. The summed E-state index contributed by atoms with van der Waals surface area (Å²) >= 11 is 0. The first kappa shape index (κ1) is 41.0. The van der Waals surface area contributed by atoms with Crippen molar-refractivity contribution in [3.63, 3.8) is 0 Å². The van der Waals surface area contributed by atoms with Crippen LogP contribution in [0.25, 0.3) is 0 Å². The molecule has 0 aliphatic carbocycles. The van der Waals surface area contributed by atoms with E-state index in [9.17, 15) is 10.1 Å². The van der Waals surface area contributed by atoms with Gasteiger partial charge in [0.15, 0.2) is 5.75 Å². The maximum absolute atomic E-state index is 11.3. The van der Waals surface area contributed by atoms with Crippen LogP contribution in [-0.4, -0.2) is 45.6 Å². The number of aliphatic hydroxyl groups is 1. The number of unbranched alkanes of at least 4 members (excludes halogenated alkanes) is 4. The summed E-state index contributed by atoms with van der Waals surface area (Å²) in [4.78, 5) is 10.8. The van der Waals surface area contributed by atoms with Crippen molar-refractivity contribution in [1.29, 1.82) is 0 Å². The van der Waals surface area contributed by atoms with E-state index in [1.807, 2.05) is 30.3 Å². The van der Waals surface area contributed by atoms with Crippen molar-refractivity contribution >= 4 is 11.4 Å². The number of nitrogens with two attached hydrogens (primary N) is 1. The Labute approximate surface area is 296 Å². The van der Waals surface area contributed by atoms with Crippen molar-refractivity contribution in [2.24, 2.45) is 0 Å². The predicted octanol–water partition coefficient (Wildman–Crippen LogP) is 9.56. The standard InChI is InChI=1S/C19H23NO5.C19H25NO3.CH4O/c1-4-5-6-7-14-12-15(23-2)9-11-18(14)25-19-13-16(24-3)8-10-17(19)20(21)22;1-4-5-6-7-14-12-15(21-2)9-11-18(14)23-19-13-16(22-3)8-10-17(19)20;1-2/h8-13H,4-7H2,1-3H3;8-13H,4-7,20H2,1-3H3;2H,1H3. The van der Waals surface area contributed by atoms with Gasteiger partial charge in [0.1, 0.15) is 34.5 Å². The molecule has 0 aromatic heterocycles. The average Bonchev–Trinajstić information content (AvgIpc) is 3.14. The van der Waals surface area contributed by atoms with Gasteiger partial charge in [-0.05, 0) is 91.4 Å². The van der Waals surface area contributed by atoms with Gasteiger partial charge in [-0.3, -0.25) is 10.1 Å². The summed E-state index contributed by atoms with van der Waals surface area (Å²) in [6.07, 6.45) is 8.49. The predicted molar refractivity (Wildman–Crippen MR) is 198 cm³/mol. The highest BCUT2D eigenvalue weighted by atomic mass is 16.6. The van der Waals surface area contributed by atoms with E-state index in [4.69, 9.17) is 39.3 Å². The third-order valence-electron chi connectivity index (χ3n) is 7.66. The van der Waals surface area contributed by atoms with Gasteiger partial charge >= 0.3 is 5.69 Å². The van der Waals surface area contributed by atoms with Crippen LogP contribution in [-0.2, 0) is 12.8 Å². The summed E-state index contributed by atoms with van der Waals surface area (Å²) in [7, 11) is 7.41. The van der Waals surface area contributed by atoms with Gasteiger partial charge in [-0.25, -0.2) is 0 Å². The van der Waals surface area contributed by atoms with Gasteiger partial charge in [-0.2, -0.15) is 0 Å². The number of anilines is 1. The molecule has 11 nitrogen and oxygen atoms in total. The SMILES string of the molecule is CCCCCc1cc(OC)ccc1Oc1cc(OC)ccc1N.CCCCCc1cc(OC)ccc1Oc1cc(OC)ccc1[N+](=O)[O-].CO. The van der Waals surface area contributed by atoms with E-state index in [1.54, 1.807) is 51.7 Å². The molecule has 0 atom stereocenters. The zero-order valence-electron chi connectivity index (χ0n) is 30.3. The van der Waals surface area contributed by atoms with Crippen LogP contribution in [0.15, 0.2) is 72.8 Å². The van der Waals surface area contributed by atoms with Crippen LogP contribution < -0.4 is 34.2 Å². The molecule has 0 heterocycles. The fourth-order valence-electron chi connectivity index (χ4n) is 4.91.